The Labute approximate surface area is 189 Å². The first-order valence-electron chi connectivity index (χ1n) is 11.3. The molecule has 0 bridgehead atoms. The zero-order valence-electron chi connectivity index (χ0n) is 20.7. The Bertz CT molecular complexity index is 747. The fourth-order valence-electron chi connectivity index (χ4n) is 3.26. The molecule has 0 spiro atoms. The van der Waals surface area contributed by atoms with E-state index in [4.69, 9.17) is 14.0 Å². The van der Waals surface area contributed by atoms with Gasteiger partial charge in [-0.1, -0.05) is 50.3 Å². The predicted octanol–water partition coefficient (Wildman–Crippen LogP) is 4.35. The maximum atomic E-state index is 12.5. The first-order valence-corrected chi connectivity index (χ1v) is 11.3. The summed E-state index contributed by atoms with van der Waals surface area (Å²) in [7, 11) is -0.352. The second-order valence-electron chi connectivity index (χ2n) is 10.8. The molecule has 1 fully saturated rings. The lowest BCUT2D eigenvalue weighted by Crippen LogP contribution is -2.42. The van der Waals surface area contributed by atoms with Crippen molar-refractivity contribution in [2.75, 3.05) is 6.54 Å². The molecule has 0 aromatic heterocycles. The summed E-state index contributed by atoms with van der Waals surface area (Å²) in [5.74, 6) is 0.206. The first-order chi connectivity index (χ1) is 14.2. The number of rotatable bonds is 8. The minimum absolute atomic E-state index is 0.193. The molecule has 172 valence electrons. The Morgan fingerprint density at radius 3 is 2.13 bits per heavy atom. The van der Waals surface area contributed by atoms with Gasteiger partial charge in [0.1, 0.15) is 11.6 Å². The molecule has 1 aliphatic rings. The lowest BCUT2D eigenvalue weighted by Gasteiger charge is -2.32. The van der Waals surface area contributed by atoms with E-state index in [1.165, 1.54) is 0 Å². The highest BCUT2D eigenvalue weighted by Gasteiger charge is 2.51. The highest BCUT2D eigenvalue weighted by atomic mass is 16.7. The standard InChI is InChI=1S/C25H40BNO4/c1-18(2)17-21(22(28)29-23(3,4)5)27-16-10-11-19-12-14-20(15-13-19)26-30-24(6,7)25(8,9)31-26/h10-15,18,21,27H,16-17H2,1-9H3/t21-/m1/s1. The smallest absolute Gasteiger partial charge is 0.459 e. The normalized spacial score (nSPS) is 19.2. The Kier molecular flexibility index (Phi) is 8.18. The van der Waals surface area contributed by atoms with Crippen molar-refractivity contribution >= 4 is 24.6 Å². The molecule has 1 saturated heterocycles. The van der Waals surface area contributed by atoms with Gasteiger partial charge in [0, 0.05) is 6.54 Å². The third-order valence-electron chi connectivity index (χ3n) is 5.65. The van der Waals surface area contributed by atoms with E-state index in [-0.39, 0.29) is 30.3 Å². The fourth-order valence-corrected chi connectivity index (χ4v) is 3.26. The number of nitrogens with one attached hydrogen (secondary N) is 1. The van der Waals surface area contributed by atoms with Crippen LogP contribution in [-0.4, -0.2) is 42.5 Å². The van der Waals surface area contributed by atoms with E-state index in [0.29, 0.717) is 12.5 Å². The largest absolute Gasteiger partial charge is 0.494 e. The van der Waals surface area contributed by atoms with Crippen molar-refractivity contribution < 1.29 is 18.8 Å². The maximum absolute atomic E-state index is 12.5. The molecule has 0 amide bonds. The highest BCUT2D eigenvalue weighted by molar-refractivity contribution is 6.62. The SMILES string of the molecule is CC(C)C[C@@H](NCC=Cc1ccc(B2OC(C)(C)C(C)(C)O2)cc1)C(=O)OC(C)(C)C. The van der Waals surface area contributed by atoms with Gasteiger partial charge >= 0.3 is 13.1 Å². The van der Waals surface area contributed by atoms with Gasteiger partial charge in [0.25, 0.3) is 0 Å². The topological polar surface area (TPSA) is 56.8 Å². The van der Waals surface area contributed by atoms with Gasteiger partial charge in [0.05, 0.1) is 11.2 Å². The molecule has 5 nitrogen and oxygen atoms in total. The van der Waals surface area contributed by atoms with Gasteiger partial charge in [-0.15, -0.1) is 0 Å². The van der Waals surface area contributed by atoms with Gasteiger partial charge in [-0.25, -0.2) is 0 Å². The summed E-state index contributed by atoms with van der Waals surface area (Å²) in [6.07, 6.45) is 4.82. The van der Waals surface area contributed by atoms with E-state index < -0.39 is 5.60 Å². The predicted molar refractivity (Wildman–Crippen MR) is 128 cm³/mol. The van der Waals surface area contributed by atoms with Crippen molar-refractivity contribution in [2.24, 2.45) is 5.92 Å². The van der Waals surface area contributed by atoms with Gasteiger partial charge in [-0.2, -0.15) is 0 Å². The van der Waals surface area contributed by atoms with Crippen LogP contribution >= 0.6 is 0 Å². The van der Waals surface area contributed by atoms with E-state index in [9.17, 15) is 4.79 Å². The second-order valence-corrected chi connectivity index (χ2v) is 10.8. The Morgan fingerprint density at radius 2 is 1.65 bits per heavy atom. The molecule has 1 atom stereocenters. The zero-order chi connectivity index (χ0) is 23.4. The van der Waals surface area contributed by atoms with Gasteiger partial charge in [0.15, 0.2) is 0 Å². The molecule has 2 rings (SSSR count). The molecule has 1 N–H and O–H groups in total. The van der Waals surface area contributed by atoms with Crippen molar-refractivity contribution in [1.82, 2.24) is 5.32 Å². The summed E-state index contributed by atoms with van der Waals surface area (Å²) < 4.78 is 17.8. The van der Waals surface area contributed by atoms with Crippen LogP contribution in [0.25, 0.3) is 6.08 Å². The molecule has 1 aliphatic heterocycles. The number of ether oxygens (including phenoxy) is 1. The van der Waals surface area contributed by atoms with E-state index >= 15 is 0 Å². The first kappa shape index (κ1) is 25.6. The molecule has 6 heteroatoms. The number of carbonyl (C=O) groups is 1. The van der Waals surface area contributed by atoms with Gasteiger partial charge < -0.3 is 19.4 Å². The molecule has 1 aromatic carbocycles. The van der Waals surface area contributed by atoms with Crippen LogP contribution in [0.15, 0.2) is 30.3 Å². The van der Waals surface area contributed by atoms with Gasteiger partial charge in [-0.05, 0) is 71.8 Å². The van der Waals surface area contributed by atoms with Crippen molar-refractivity contribution in [3.63, 3.8) is 0 Å². The third-order valence-corrected chi connectivity index (χ3v) is 5.65. The van der Waals surface area contributed by atoms with Gasteiger partial charge in [-0.3, -0.25) is 4.79 Å². The quantitative estimate of drug-likeness (QED) is 0.492. The van der Waals surface area contributed by atoms with Crippen LogP contribution in [0, 0.1) is 5.92 Å². The maximum Gasteiger partial charge on any atom is 0.494 e. The molecule has 0 saturated carbocycles. The number of benzene rings is 1. The highest BCUT2D eigenvalue weighted by Crippen LogP contribution is 2.36. The van der Waals surface area contributed by atoms with Crippen LogP contribution in [0.1, 0.15) is 74.3 Å². The molecule has 1 heterocycles. The number of esters is 1. The lowest BCUT2D eigenvalue weighted by molar-refractivity contribution is -0.157. The Balaban J connectivity index is 1.92. The number of hydrogen-bond acceptors (Lipinski definition) is 5. The summed E-state index contributed by atoms with van der Waals surface area (Å²) in [6.45, 7) is 18.7. The minimum atomic E-state index is -0.483. The van der Waals surface area contributed by atoms with E-state index in [1.54, 1.807) is 0 Å². The molecular weight excluding hydrogens is 389 g/mol. The van der Waals surface area contributed by atoms with Crippen LogP contribution in [-0.2, 0) is 18.8 Å². The van der Waals surface area contributed by atoms with Crippen molar-refractivity contribution in [3.05, 3.63) is 35.9 Å². The summed E-state index contributed by atoms with van der Waals surface area (Å²) in [4.78, 5) is 12.5. The molecule has 0 unspecified atom stereocenters. The summed E-state index contributed by atoms with van der Waals surface area (Å²) in [6, 6.07) is 7.87. The molecule has 0 aliphatic carbocycles. The number of carbonyl (C=O) groups excluding carboxylic acids is 1. The minimum Gasteiger partial charge on any atom is -0.459 e. The Morgan fingerprint density at radius 1 is 1.10 bits per heavy atom. The summed E-state index contributed by atoms with van der Waals surface area (Å²) in [5.41, 5.74) is 0.920. The lowest BCUT2D eigenvalue weighted by atomic mass is 9.79. The monoisotopic (exact) mass is 429 g/mol. The molecule has 1 aromatic rings. The summed E-state index contributed by atoms with van der Waals surface area (Å²) >= 11 is 0. The average Bonchev–Trinajstić information content (AvgIpc) is 2.84. The van der Waals surface area contributed by atoms with Crippen LogP contribution in [0.3, 0.4) is 0 Å². The van der Waals surface area contributed by atoms with E-state index in [0.717, 1.165) is 17.4 Å². The third kappa shape index (κ3) is 7.48. The van der Waals surface area contributed by atoms with E-state index in [2.05, 4.69) is 59.0 Å². The molecule has 0 radical (unpaired) electrons. The second kappa shape index (κ2) is 9.89. The Hall–Kier alpha value is -1.63. The average molecular weight is 429 g/mol. The summed E-state index contributed by atoms with van der Waals surface area (Å²) in [5, 5.41) is 3.32. The van der Waals surface area contributed by atoms with Crippen molar-refractivity contribution in [1.29, 1.82) is 0 Å². The van der Waals surface area contributed by atoms with Crippen molar-refractivity contribution in [3.8, 4) is 0 Å². The fraction of sp³-hybridized carbons (Fsp3) is 0.640. The molecule has 31 heavy (non-hydrogen) atoms. The zero-order valence-corrected chi connectivity index (χ0v) is 20.7. The van der Waals surface area contributed by atoms with Crippen LogP contribution < -0.4 is 10.8 Å². The molecular formula is C25H40BNO4. The van der Waals surface area contributed by atoms with Crippen LogP contribution in [0.5, 0.6) is 0 Å². The van der Waals surface area contributed by atoms with Crippen LogP contribution in [0.2, 0.25) is 0 Å². The van der Waals surface area contributed by atoms with Crippen molar-refractivity contribution in [2.45, 2.75) is 91.6 Å². The van der Waals surface area contributed by atoms with Crippen LogP contribution in [0.4, 0.5) is 0 Å². The van der Waals surface area contributed by atoms with Gasteiger partial charge in [0.2, 0.25) is 0 Å². The van der Waals surface area contributed by atoms with E-state index in [1.807, 2.05) is 45.1 Å². The number of hydrogen-bond donors (Lipinski definition) is 1.